The first kappa shape index (κ1) is 14.0. The standard InChI is InChI=1S/C13H23N5O/c1-4-11-15-12(17-14)9(2)13(16-11)18-6-5-10(7-18)8-19-3/h10H,4-8,14H2,1-3H3,(H,15,16,17). The molecule has 2 heterocycles. The molecule has 106 valence electrons. The fourth-order valence-corrected chi connectivity index (χ4v) is 2.55. The Kier molecular flexibility index (Phi) is 4.55. The van der Waals surface area contributed by atoms with Crippen LogP contribution in [0.15, 0.2) is 0 Å². The molecule has 0 bridgehead atoms. The molecule has 0 radical (unpaired) electrons. The number of hydrogen-bond acceptors (Lipinski definition) is 6. The lowest BCUT2D eigenvalue weighted by atomic mass is 10.1. The molecule has 6 nitrogen and oxygen atoms in total. The lowest BCUT2D eigenvalue weighted by molar-refractivity contribution is 0.161. The van der Waals surface area contributed by atoms with Crippen LogP contribution in [0.25, 0.3) is 0 Å². The van der Waals surface area contributed by atoms with Crippen molar-refractivity contribution in [1.29, 1.82) is 0 Å². The second-order valence-corrected chi connectivity index (χ2v) is 4.99. The third kappa shape index (κ3) is 2.96. The molecule has 1 aliphatic rings. The van der Waals surface area contributed by atoms with Gasteiger partial charge < -0.3 is 15.1 Å². The number of anilines is 2. The molecule has 0 amide bonds. The molecular formula is C13H23N5O. The van der Waals surface area contributed by atoms with Gasteiger partial charge >= 0.3 is 0 Å². The van der Waals surface area contributed by atoms with Crippen molar-refractivity contribution in [3.05, 3.63) is 11.4 Å². The fraction of sp³-hybridized carbons (Fsp3) is 0.692. The van der Waals surface area contributed by atoms with Crippen molar-refractivity contribution >= 4 is 11.6 Å². The van der Waals surface area contributed by atoms with Crippen LogP contribution in [-0.2, 0) is 11.2 Å². The van der Waals surface area contributed by atoms with Gasteiger partial charge in [-0.15, -0.1) is 0 Å². The van der Waals surface area contributed by atoms with E-state index in [-0.39, 0.29) is 0 Å². The van der Waals surface area contributed by atoms with Crippen LogP contribution in [0.4, 0.5) is 11.6 Å². The number of hydrogen-bond donors (Lipinski definition) is 2. The van der Waals surface area contributed by atoms with Crippen molar-refractivity contribution in [2.45, 2.75) is 26.7 Å². The Morgan fingerprint density at radius 1 is 1.47 bits per heavy atom. The zero-order valence-electron chi connectivity index (χ0n) is 11.9. The van der Waals surface area contributed by atoms with Crippen molar-refractivity contribution in [3.63, 3.8) is 0 Å². The second kappa shape index (κ2) is 6.16. The van der Waals surface area contributed by atoms with Gasteiger partial charge in [0.15, 0.2) is 0 Å². The van der Waals surface area contributed by atoms with Gasteiger partial charge in [0.25, 0.3) is 0 Å². The molecule has 3 N–H and O–H groups in total. The summed E-state index contributed by atoms with van der Waals surface area (Å²) in [6.07, 6.45) is 1.95. The molecule has 6 heteroatoms. The summed E-state index contributed by atoms with van der Waals surface area (Å²) in [6.45, 7) is 6.86. The minimum absolute atomic E-state index is 0.582. The first-order chi connectivity index (χ1) is 9.19. The zero-order chi connectivity index (χ0) is 13.8. The summed E-state index contributed by atoms with van der Waals surface area (Å²) in [6, 6.07) is 0. The molecule has 1 aromatic heterocycles. The molecule has 0 aliphatic carbocycles. The van der Waals surface area contributed by atoms with Crippen LogP contribution in [0.2, 0.25) is 0 Å². The highest BCUT2D eigenvalue weighted by atomic mass is 16.5. The summed E-state index contributed by atoms with van der Waals surface area (Å²) in [7, 11) is 1.75. The van der Waals surface area contributed by atoms with E-state index in [4.69, 9.17) is 10.6 Å². The molecule has 1 unspecified atom stereocenters. The molecule has 2 rings (SSSR count). The summed E-state index contributed by atoms with van der Waals surface area (Å²) in [5.41, 5.74) is 3.68. The summed E-state index contributed by atoms with van der Waals surface area (Å²) in [4.78, 5) is 11.4. The molecule has 19 heavy (non-hydrogen) atoms. The first-order valence-corrected chi connectivity index (χ1v) is 6.77. The van der Waals surface area contributed by atoms with Crippen molar-refractivity contribution < 1.29 is 4.74 Å². The normalized spacial score (nSPS) is 18.9. The van der Waals surface area contributed by atoms with Gasteiger partial charge in [0.2, 0.25) is 0 Å². The summed E-state index contributed by atoms with van der Waals surface area (Å²) in [5, 5.41) is 0. The van der Waals surface area contributed by atoms with E-state index < -0.39 is 0 Å². The van der Waals surface area contributed by atoms with Crippen LogP contribution in [0.1, 0.15) is 24.7 Å². The van der Waals surface area contributed by atoms with Crippen LogP contribution >= 0.6 is 0 Å². The lowest BCUT2D eigenvalue weighted by Gasteiger charge is -2.21. The molecule has 0 aromatic carbocycles. The van der Waals surface area contributed by atoms with E-state index in [0.717, 1.165) is 55.6 Å². The number of nitrogens with two attached hydrogens (primary N) is 1. The Hall–Kier alpha value is -1.40. The predicted octanol–water partition coefficient (Wildman–Crippen LogP) is 1.11. The van der Waals surface area contributed by atoms with Crippen LogP contribution in [0.5, 0.6) is 0 Å². The first-order valence-electron chi connectivity index (χ1n) is 6.77. The van der Waals surface area contributed by atoms with E-state index in [0.29, 0.717) is 5.92 Å². The van der Waals surface area contributed by atoms with E-state index >= 15 is 0 Å². The van der Waals surface area contributed by atoms with Crippen LogP contribution < -0.4 is 16.2 Å². The number of nitrogen functional groups attached to an aromatic ring is 1. The van der Waals surface area contributed by atoms with Gasteiger partial charge in [-0.1, -0.05) is 6.92 Å². The number of aromatic nitrogens is 2. The number of ether oxygens (including phenoxy) is 1. The predicted molar refractivity (Wildman–Crippen MR) is 76.2 cm³/mol. The number of aryl methyl sites for hydroxylation is 1. The van der Waals surface area contributed by atoms with E-state index in [1.807, 2.05) is 13.8 Å². The molecule has 1 fully saturated rings. The summed E-state index contributed by atoms with van der Waals surface area (Å²) < 4.78 is 5.24. The Morgan fingerprint density at radius 2 is 2.26 bits per heavy atom. The maximum Gasteiger partial charge on any atom is 0.148 e. The highest BCUT2D eigenvalue weighted by Gasteiger charge is 2.25. The van der Waals surface area contributed by atoms with Crippen LogP contribution in [0, 0.1) is 12.8 Å². The number of methoxy groups -OCH3 is 1. The van der Waals surface area contributed by atoms with E-state index in [1.54, 1.807) is 7.11 Å². The topological polar surface area (TPSA) is 76.3 Å². The number of nitrogens with one attached hydrogen (secondary N) is 1. The third-order valence-corrected chi connectivity index (χ3v) is 3.61. The Balaban J connectivity index is 2.24. The van der Waals surface area contributed by atoms with Gasteiger partial charge in [-0.2, -0.15) is 0 Å². The quantitative estimate of drug-likeness (QED) is 0.613. The van der Waals surface area contributed by atoms with Crippen molar-refractivity contribution in [1.82, 2.24) is 9.97 Å². The van der Waals surface area contributed by atoms with Crippen molar-refractivity contribution in [2.75, 3.05) is 37.1 Å². The number of nitrogens with zero attached hydrogens (tertiary/aromatic N) is 3. The lowest BCUT2D eigenvalue weighted by Crippen LogP contribution is -2.25. The minimum Gasteiger partial charge on any atom is -0.384 e. The molecular weight excluding hydrogens is 242 g/mol. The van der Waals surface area contributed by atoms with Gasteiger partial charge in [0, 0.05) is 38.1 Å². The van der Waals surface area contributed by atoms with Crippen molar-refractivity contribution in [3.8, 4) is 0 Å². The van der Waals surface area contributed by atoms with Gasteiger partial charge in [-0.3, -0.25) is 0 Å². The zero-order valence-corrected chi connectivity index (χ0v) is 11.9. The summed E-state index contributed by atoms with van der Waals surface area (Å²) in [5.74, 6) is 8.66. The Bertz CT molecular complexity index is 437. The summed E-state index contributed by atoms with van der Waals surface area (Å²) >= 11 is 0. The molecule has 1 atom stereocenters. The molecule has 1 aromatic rings. The average Bonchev–Trinajstić information content (AvgIpc) is 2.88. The minimum atomic E-state index is 0.582. The third-order valence-electron chi connectivity index (χ3n) is 3.61. The average molecular weight is 265 g/mol. The molecule has 1 aliphatic heterocycles. The van der Waals surface area contributed by atoms with E-state index in [9.17, 15) is 0 Å². The Morgan fingerprint density at radius 3 is 2.89 bits per heavy atom. The maximum atomic E-state index is 5.54. The van der Waals surface area contributed by atoms with Gasteiger partial charge in [0.05, 0.1) is 6.61 Å². The van der Waals surface area contributed by atoms with Crippen LogP contribution in [0.3, 0.4) is 0 Å². The van der Waals surface area contributed by atoms with E-state index in [1.165, 1.54) is 0 Å². The molecule has 0 saturated carbocycles. The van der Waals surface area contributed by atoms with E-state index in [2.05, 4.69) is 20.3 Å². The Labute approximate surface area is 114 Å². The second-order valence-electron chi connectivity index (χ2n) is 4.99. The van der Waals surface area contributed by atoms with Crippen LogP contribution in [-0.4, -0.2) is 36.8 Å². The smallest absolute Gasteiger partial charge is 0.148 e. The highest BCUT2D eigenvalue weighted by Crippen LogP contribution is 2.28. The maximum absolute atomic E-state index is 5.54. The number of rotatable bonds is 5. The van der Waals surface area contributed by atoms with Gasteiger partial charge in [-0.05, 0) is 13.3 Å². The fourth-order valence-electron chi connectivity index (χ4n) is 2.55. The highest BCUT2D eigenvalue weighted by molar-refractivity contribution is 5.58. The SMILES string of the molecule is CCc1nc(NN)c(C)c(N2CCC(COC)C2)n1. The largest absolute Gasteiger partial charge is 0.384 e. The monoisotopic (exact) mass is 265 g/mol. The molecule has 0 spiro atoms. The number of hydrazine groups is 1. The molecule has 1 saturated heterocycles. The van der Waals surface area contributed by atoms with Crippen molar-refractivity contribution in [2.24, 2.45) is 11.8 Å². The van der Waals surface area contributed by atoms with Gasteiger partial charge in [-0.25, -0.2) is 15.8 Å². The van der Waals surface area contributed by atoms with Gasteiger partial charge in [0.1, 0.15) is 17.5 Å².